The van der Waals surface area contributed by atoms with Crippen LogP contribution in [0.25, 0.3) is 0 Å². The third-order valence-electron chi connectivity index (χ3n) is 3.26. The average Bonchev–Trinajstić information content (AvgIpc) is 3.19. The molecule has 0 heterocycles. The lowest BCUT2D eigenvalue weighted by molar-refractivity contribution is 0.0858. The maximum absolute atomic E-state index is 13.4. The van der Waals surface area contributed by atoms with Crippen molar-refractivity contribution in [1.29, 1.82) is 0 Å². The van der Waals surface area contributed by atoms with Crippen molar-refractivity contribution in [1.82, 2.24) is 4.90 Å². The van der Waals surface area contributed by atoms with Gasteiger partial charge in [0.2, 0.25) is 0 Å². The minimum atomic E-state index is -0.453. The molecule has 1 aliphatic carbocycles. The van der Waals surface area contributed by atoms with Gasteiger partial charge in [-0.3, -0.25) is 9.69 Å². The van der Waals surface area contributed by atoms with Crippen molar-refractivity contribution in [3.05, 3.63) is 35.6 Å². The molecule has 0 aromatic heterocycles. The van der Waals surface area contributed by atoms with Gasteiger partial charge in [-0.2, -0.15) is 0 Å². The maximum atomic E-state index is 13.4. The molecule has 0 radical (unpaired) electrons. The van der Waals surface area contributed by atoms with Gasteiger partial charge in [-0.05, 0) is 37.9 Å². The van der Waals surface area contributed by atoms with E-state index in [1.54, 1.807) is 12.1 Å². The number of halogens is 1. The minimum absolute atomic E-state index is 0.160. The molecule has 0 amide bonds. The Labute approximate surface area is 113 Å². The molecule has 19 heavy (non-hydrogen) atoms. The quantitative estimate of drug-likeness (QED) is 0.534. The first-order valence-corrected chi connectivity index (χ1v) is 6.71. The number of rotatable bonds is 8. The zero-order valence-corrected chi connectivity index (χ0v) is 11.3. The predicted octanol–water partition coefficient (Wildman–Crippen LogP) is 2.37. The van der Waals surface area contributed by atoms with Gasteiger partial charge in [0.15, 0.2) is 5.78 Å². The summed E-state index contributed by atoms with van der Waals surface area (Å²) in [6.07, 6.45) is 2.56. The highest BCUT2D eigenvalue weighted by molar-refractivity contribution is 5.97. The number of likely N-dealkylation sites (N-methyl/N-ethyl adjacent to an activating group) is 1. The number of hydrogen-bond acceptors (Lipinski definition) is 3. The molecule has 0 N–H and O–H groups in total. The first kappa shape index (κ1) is 14.2. The fourth-order valence-electron chi connectivity index (χ4n) is 1.85. The van der Waals surface area contributed by atoms with Crippen molar-refractivity contribution in [3.63, 3.8) is 0 Å². The third-order valence-corrected chi connectivity index (χ3v) is 3.26. The Balaban J connectivity index is 1.70. The topological polar surface area (TPSA) is 29.5 Å². The van der Waals surface area contributed by atoms with E-state index in [4.69, 9.17) is 4.74 Å². The van der Waals surface area contributed by atoms with E-state index in [0.29, 0.717) is 13.2 Å². The highest BCUT2D eigenvalue weighted by Crippen LogP contribution is 2.28. The molecule has 0 saturated heterocycles. The number of nitrogens with zero attached hydrogens (tertiary/aromatic N) is 1. The zero-order chi connectivity index (χ0) is 13.7. The van der Waals surface area contributed by atoms with Crippen LogP contribution in [-0.2, 0) is 4.74 Å². The van der Waals surface area contributed by atoms with E-state index in [9.17, 15) is 9.18 Å². The van der Waals surface area contributed by atoms with Crippen LogP contribution in [0.3, 0.4) is 0 Å². The number of hydrogen-bond donors (Lipinski definition) is 0. The number of Topliss-reactive ketones (excluding diaryl/α,β-unsaturated/α-hetero) is 1. The van der Waals surface area contributed by atoms with Crippen molar-refractivity contribution in [2.75, 3.05) is 33.4 Å². The maximum Gasteiger partial charge on any atom is 0.179 e. The van der Waals surface area contributed by atoms with Gasteiger partial charge >= 0.3 is 0 Å². The summed E-state index contributed by atoms with van der Waals surface area (Å²) in [5.41, 5.74) is 0.160. The number of carbonyl (C=O) groups is 1. The SMILES string of the molecule is CN(CCOCC1CC1)CC(=O)c1ccccc1F. The summed E-state index contributed by atoms with van der Waals surface area (Å²) >= 11 is 0. The largest absolute Gasteiger partial charge is 0.380 e. The van der Waals surface area contributed by atoms with Gasteiger partial charge in [-0.15, -0.1) is 0 Å². The number of carbonyl (C=O) groups excluding carboxylic acids is 1. The number of benzene rings is 1. The lowest BCUT2D eigenvalue weighted by Gasteiger charge is -2.15. The van der Waals surface area contributed by atoms with Crippen LogP contribution < -0.4 is 0 Å². The van der Waals surface area contributed by atoms with Crippen molar-refractivity contribution >= 4 is 5.78 Å². The molecular weight excluding hydrogens is 245 g/mol. The van der Waals surface area contributed by atoms with Crippen LogP contribution in [-0.4, -0.2) is 44.0 Å². The molecule has 104 valence electrons. The Hall–Kier alpha value is -1.26. The number of ether oxygens (including phenoxy) is 1. The van der Waals surface area contributed by atoms with Gasteiger partial charge in [-0.25, -0.2) is 4.39 Å². The molecule has 0 unspecified atom stereocenters. The lowest BCUT2D eigenvalue weighted by atomic mass is 10.1. The summed E-state index contributed by atoms with van der Waals surface area (Å²) in [4.78, 5) is 13.8. The monoisotopic (exact) mass is 265 g/mol. The van der Waals surface area contributed by atoms with E-state index in [1.807, 2.05) is 11.9 Å². The molecule has 0 aliphatic heterocycles. The average molecular weight is 265 g/mol. The Bertz CT molecular complexity index is 432. The highest BCUT2D eigenvalue weighted by Gasteiger charge is 2.21. The van der Waals surface area contributed by atoms with Crippen LogP contribution in [0.15, 0.2) is 24.3 Å². The second-order valence-corrected chi connectivity index (χ2v) is 5.16. The summed E-state index contributed by atoms with van der Waals surface area (Å²) in [6, 6.07) is 6.09. The van der Waals surface area contributed by atoms with Gasteiger partial charge in [0, 0.05) is 13.2 Å². The van der Waals surface area contributed by atoms with Crippen LogP contribution >= 0.6 is 0 Å². The molecule has 2 rings (SSSR count). The third kappa shape index (κ3) is 4.73. The molecule has 1 aromatic carbocycles. The van der Waals surface area contributed by atoms with E-state index in [0.717, 1.165) is 12.5 Å². The molecule has 1 aliphatic rings. The molecule has 3 nitrogen and oxygen atoms in total. The second-order valence-electron chi connectivity index (χ2n) is 5.16. The summed E-state index contributed by atoms with van der Waals surface area (Å²) < 4.78 is 18.9. The van der Waals surface area contributed by atoms with Gasteiger partial charge < -0.3 is 4.74 Å². The summed E-state index contributed by atoms with van der Waals surface area (Å²) in [5.74, 6) is 0.110. The Kier molecular flexibility index (Phi) is 5.05. The summed E-state index contributed by atoms with van der Waals surface area (Å²) in [7, 11) is 1.85. The second kappa shape index (κ2) is 6.78. The fourth-order valence-corrected chi connectivity index (χ4v) is 1.85. The smallest absolute Gasteiger partial charge is 0.179 e. The summed E-state index contributed by atoms with van der Waals surface area (Å²) in [5, 5.41) is 0. The Morgan fingerprint density at radius 2 is 2.16 bits per heavy atom. The lowest BCUT2D eigenvalue weighted by Crippen LogP contribution is -2.29. The molecule has 1 saturated carbocycles. The molecule has 1 fully saturated rings. The molecule has 4 heteroatoms. The van der Waals surface area contributed by atoms with E-state index in [1.165, 1.54) is 25.0 Å². The van der Waals surface area contributed by atoms with Crippen molar-refractivity contribution in [3.8, 4) is 0 Å². The van der Waals surface area contributed by atoms with Crippen LogP contribution in [0, 0.1) is 11.7 Å². The van der Waals surface area contributed by atoms with Gasteiger partial charge in [0.1, 0.15) is 5.82 Å². The van der Waals surface area contributed by atoms with Crippen LogP contribution in [0.2, 0.25) is 0 Å². The zero-order valence-electron chi connectivity index (χ0n) is 11.3. The van der Waals surface area contributed by atoms with Crippen LogP contribution in [0.4, 0.5) is 4.39 Å². The molecule has 0 spiro atoms. The molecular formula is C15H20FNO2. The number of ketones is 1. The molecule has 1 aromatic rings. The van der Waals surface area contributed by atoms with Crippen LogP contribution in [0.1, 0.15) is 23.2 Å². The Morgan fingerprint density at radius 3 is 2.84 bits per heavy atom. The van der Waals surface area contributed by atoms with Gasteiger partial charge in [0.25, 0.3) is 0 Å². The standard InChI is InChI=1S/C15H20FNO2/c1-17(8-9-19-11-12-6-7-12)10-15(18)13-4-2-3-5-14(13)16/h2-5,12H,6-11H2,1H3. The van der Waals surface area contributed by atoms with Crippen molar-refractivity contribution in [2.24, 2.45) is 5.92 Å². The normalized spacial score (nSPS) is 14.9. The molecule has 0 atom stereocenters. The van der Waals surface area contributed by atoms with E-state index in [2.05, 4.69) is 0 Å². The summed E-state index contributed by atoms with van der Waals surface area (Å²) in [6.45, 7) is 2.35. The van der Waals surface area contributed by atoms with Crippen LogP contribution in [0.5, 0.6) is 0 Å². The van der Waals surface area contributed by atoms with Gasteiger partial charge in [-0.1, -0.05) is 12.1 Å². The predicted molar refractivity (Wildman–Crippen MR) is 71.8 cm³/mol. The molecule has 0 bridgehead atoms. The first-order chi connectivity index (χ1) is 9.16. The minimum Gasteiger partial charge on any atom is -0.380 e. The van der Waals surface area contributed by atoms with E-state index in [-0.39, 0.29) is 17.9 Å². The van der Waals surface area contributed by atoms with E-state index < -0.39 is 5.82 Å². The van der Waals surface area contributed by atoms with Crippen molar-refractivity contribution < 1.29 is 13.9 Å². The highest BCUT2D eigenvalue weighted by atomic mass is 19.1. The van der Waals surface area contributed by atoms with Crippen molar-refractivity contribution in [2.45, 2.75) is 12.8 Å². The Morgan fingerprint density at radius 1 is 1.42 bits per heavy atom. The van der Waals surface area contributed by atoms with Gasteiger partial charge in [0.05, 0.1) is 18.7 Å². The first-order valence-electron chi connectivity index (χ1n) is 6.71. The van der Waals surface area contributed by atoms with E-state index >= 15 is 0 Å². The fraction of sp³-hybridized carbons (Fsp3) is 0.533.